The molecule has 0 atom stereocenters. The van der Waals surface area contributed by atoms with E-state index in [0.29, 0.717) is 3.57 Å². The van der Waals surface area contributed by atoms with Crippen LogP contribution >= 0.6 is 22.6 Å². The molecule has 12 heavy (non-hydrogen) atoms. The predicted molar refractivity (Wildman–Crippen MR) is 48.3 cm³/mol. The SMILES string of the molecule is COC(=O)c1cncc(I)c1F. The number of nitrogens with zero attached hydrogens (tertiary/aromatic N) is 1. The molecule has 0 aliphatic rings. The Balaban J connectivity index is 3.16. The fraction of sp³-hybridized carbons (Fsp3) is 0.143. The Morgan fingerprint density at radius 1 is 1.67 bits per heavy atom. The topological polar surface area (TPSA) is 39.2 Å². The first-order chi connectivity index (χ1) is 5.66. The molecule has 0 unspecified atom stereocenters. The third-order valence-electron chi connectivity index (χ3n) is 1.24. The molecule has 0 aromatic carbocycles. The number of hydrogen-bond donors (Lipinski definition) is 0. The van der Waals surface area contributed by atoms with E-state index in [1.165, 1.54) is 13.3 Å². The number of carbonyl (C=O) groups is 1. The summed E-state index contributed by atoms with van der Waals surface area (Å²) < 4.78 is 17.7. The van der Waals surface area contributed by atoms with Gasteiger partial charge in [0.15, 0.2) is 5.82 Å². The van der Waals surface area contributed by atoms with E-state index in [1.54, 1.807) is 22.6 Å². The van der Waals surface area contributed by atoms with Gasteiger partial charge in [-0.15, -0.1) is 0 Å². The van der Waals surface area contributed by atoms with Gasteiger partial charge < -0.3 is 4.74 Å². The third-order valence-corrected chi connectivity index (χ3v) is 2.00. The standard InChI is InChI=1S/C7H5FINO2/c1-12-7(11)4-2-10-3-5(9)6(4)8/h2-3H,1H3. The predicted octanol–water partition coefficient (Wildman–Crippen LogP) is 1.61. The maximum Gasteiger partial charge on any atom is 0.342 e. The van der Waals surface area contributed by atoms with E-state index in [9.17, 15) is 9.18 Å². The molecule has 0 aliphatic heterocycles. The van der Waals surface area contributed by atoms with E-state index in [2.05, 4.69) is 9.72 Å². The van der Waals surface area contributed by atoms with Gasteiger partial charge in [0.05, 0.1) is 10.7 Å². The van der Waals surface area contributed by atoms with Crippen molar-refractivity contribution in [2.45, 2.75) is 0 Å². The summed E-state index contributed by atoms with van der Waals surface area (Å²) in [6, 6.07) is 0. The summed E-state index contributed by atoms with van der Waals surface area (Å²) in [5.41, 5.74) is -0.135. The van der Waals surface area contributed by atoms with Gasteiger partial charge in [-0.2, -0.15) is 0 Å². The zero-order valence-electron chi connectivity index (χ0n) is 6.17. The lowest BCUT2D eigenvalue weighted by molar-refractivity contribution is 0.0594. The average Bonchev–Trinajstić information content (AvgIpc) is 2.08. The Morgan fingerprint density at radius 2 is 2.33 bits per heavy atom. The van der Waals surface area contributed by atoms with Crippen LogP contribution < -0.4 is 0 Å². The highest BCUT2D eigenvalue weighted by molar-refractivity contribution is 14.1. The van der Waals surface area contributed by atoms with Crippen molar-refractivity contribution in [2.24, 2.45) is 0 Å². The van der Waals surface area contributed by atoms with Crippen LogP contribution in [0.3, 0.4) is 0 Å². The zero-order chi connectivity index (χ0) is 9.14. The number of ether oxygens (including phenoxy) is 1. The highest BCUT2D eigenvalue weighted by atomic mass is 127. The van der Waals surface area contributed by atoms with Crippen molar-refractivity contribution in [1.82, 2.24) is 4.98 Å². The molecule has 3 nitrogen and oxygen atoms in total. The Morgan fingerprint density at radius 3 is 2.92 bits per heavy atom. The van der Waals surface area contributed by atoms with Crippen molar-refractivity contribution in [2.75, 3.05) is 7.11 Å². The molecule has 64 valence electrons. The van der Waals surface area contributed by atoms with Crippen molar-refractivity contribution in [3.63, 3.8) is 0 Å². The highest BCUT2D eigenvalue weighted by Gasteiger charge is 2.14. The summed E-state index contributed by atoms with van der Waals surface area (Å²) >= 11 is 1.75. The minimum absolute atomic E-state index is 0.135. The summed E-state index contributed by atoms with van der Waals surface area (Å²) in [6.45, 7) is 0. The van der Waals surface area contributed by atoms with Crippen LogP contribution in [0.2, 0.25) is 0 Å². The summed E-state index contributed by atoms with van der Waals surface area (Å²) in [5, 5.41) is 0. The quantitative estimate of drug-likeness (QED) is 0.580. The molecule has 5 heteroatoms. The largest absolute Gasteiger partial charge is 0.465 e. The zero-order valence-corrected chi connectivity index (χ0v) is 8.33. The van der Waals surface area contributed by atoms with Gasteiger partial charge in [-0.3, -0.25) is 4.98 Å². The number of halogens is 2. The summed E-state index contributed by atoms with van der Waals surface area (Å²) in [5.74, 6) is -1.30. The van der Waals surface area contributed by atoms with Gasteiger partial charge >= 0.3 is 5.97 Å². The lowest BCUT2D eigenvalue weighted by Crippen LogP contribution is -2.06. The maximum atomic E-state index is 13.1. The maximum absolute atomic E-state index is 13.1. The second-order valence-corrected chi connectivity index (χ2v) is 3.14. The van der Waals surface area contributed by atoms with Crippen LogP contribution in [0.4, 0.5) is 4.39 Å². The minimum Gasteiger partial charge on any atom is -0.465 e. The van der Waals surface area contributed by atoms with E-state index >= 15 is 0 Å². The van der Waals surface area contributed by atoms with E-state index in [0.717, 1.165) is 6.20 Å². The molecule has 0 fully saturated rings. The molecule has 0 saturated carbocycles. The van der Waals surface area contributed by atoms with Gasteiger partial charge in [0, 0.05) is 12.4 Å². The molecule has 0 saturated heterocycles. The van der Waals surface area contributed by atoms with Crippen LogP contribution in [0.25, 0.3) is 0 Å². The molecule has 0 amide bonds. The van der Waals surface area contributed by atoms with Gasteiger partial charge in [-0.25, -0.2) is 9.18 Å². The summed E-state index contributed by atoms with van der Waals surface area (Å²) in [4.78, 5) is 14.5. The molecule has 0 radical (unpaired) electrons. The first-order valence-corrected chi connectivity index (χ1v) is 4.12. The van der Waals surface area contributed by atoms with Crippen molar-refractivity contribution < 1.29 is 13.9 Å². The van der Waals surface area contributed by atoms with Crippen molar-refractivity contribution in [3.8, 4) is 0 Å². The van der Waals surface area contributed by atoms with Crippen LogP contribution in [0.15, 0.2) is 12.4 Å². The highest BCUT2D eigenvalue weighted by Crippen LogP contribution is 2.13. The number of pyridine rings is 1. The lowest BCUT2D eigenvalue weighted by Gasteiger charge is -2.00. The van der Waals surface area contributed by atoms with Crippen molar-refractivity contribution in [1.29, 1.82) is 0 Å². The molecule has 1 heterocycles. The van der Waals surface area contributed by atoms with Crippen molar-refractivity contribution >= 4 is 28.6 Å². The third kappa shape index (κ3) is 1.71. The molecule has 0 bridgehead atoms. The molecule has 0 spiro atoms. The van der Waals surface area contributed by atoms with E-state index in [-0.39, 0.29) is 5.56 Å². The summed E-state index contributed by atoms with van der Waals surface area (Å²) in [6.07, 6.45) is 2.48. The molecule has 0 aliphatic carbocycles. The van der Waals surface area contributed by atoms with E-state index in [4.69, 9.17) is 0 Å². The number of carbonyl (C=O) groups excluding carboxylic acids is 1. The molecule has 1 aromatic rings. The number of methoxy groups -OCH3 is 1. The van der Waals surface area contributed by atoms with Gasteiger partial charge in [0.1, 0.15) is 5.56 Å². The molecular weight excluding hydrogens is 276 g/mol. The second-order valence-electron chi connectivity index (χ2n) is 1.97. The number of hydrogen-bond acceptors (Lipinski definition) is 3. The second kappa shape index (κ2) is 3.79. The minimum atomic E-state index is -0.710. The first kappa shape index (κ1) is 9.37. The summed E-state index contributed by atoms with van der Waals surface area (Å²) in [7, 11) is 1.20. The smallest absolute Gasteiger partial charge is 0.342 e. The normalized spacial score (nSPS) is 9.58. The average molecular weight is 281 g/mol. The van der Waals surface area contributed by atoms with Gasteiger partial charge in [0.2, 0.25) is 0 Å². The lowest BCUT2D eigenvalue weighted by atomic mass is 10.3. The molecular formula is C7H5FINO2. The van der Waals surface area contributed by atoms with Gasteiger partial charge in [-0.1, -0.05) is 0 Å². The van der Waals surface area contributed by atoms with Crippen LogP contribution in [0, 0.1) is 9.39 Å². The number of esters is 1. The van der Waals surface area contributed by atoms with E-state index in [1.807, 2.05) is 0 Å². The van der Waals surface area contributed by atoms with Crippen molar-refractivity contribution in [3.05, 3.63) is 27.3 Å². The molecule has 1 rings (SSSR count). The Hall–Kier alpha value is -0.720. The van der Waals surface area contributed by atoms with E-state index < -0.39 is 11.8 Å². The van der Waals surface area contributed by atoms with Crippen LogP contribution in [0.5, 0.6) is 0 Å². The molecule has 0 N–H and O–H groups in total. The Labute approximate surface area is 82.1 Å². The first-order valence-electron chi connectivity index (χ1n) is 3.04. The molecule has 1 aromatic heterocycles. The fourth-order valence-electron chi connectivity index (χ4n) is 0.672. The number of rotatable bonds is 1. The Kier molecular flexibility index (Phi) is 2.96. The monoisotopic (exact) mass is 281 g/mol. The van der Waals surface area contributed by atoms with Crippen LogP contribution in [0.1, 0.15) is 10.4 Å². The Bertz CT molecular complexity index is 316. The van der Waals surface area contributed by atoms with Crippen LogP contribution in [-0.4, -0.2) is 18.1 Å². The van der Waals surface area contributed by atoms with Crippen LogP contribution in [-0.2, 0) is 4.74 Å². The number of aromatic nitrogens is 1. The van der Waals surface area contributed by atoms with Gasteiger partial charge in [-0.05, 0) is 22.6 Å². The fourth-order valence-corrected chi connectivity index (χ4v) is 1.12. The van der Waals surface area contributed by atoms with Gasteiger partial charge in [0.25, 0.3) is 0 Å².